The van der Waals surface area contributed by atoms with Crippen LogP contribution < -0.4 is 10.2 Å². The van der Waals surface area contributed by atoms with Crippen LogP contribution in [0.25, 0.3) is 0 Å². The Kier molecular flexibility index (Phi) is 3.51. The lowest BCUT2D eigenvalue weighted by Gasteiger charge is -2.25. The average molecular weight is 275 g/mol. The Hall–Kier alpha value is -1.78. The zero-order valence-electron chi connectivity index (χ0n) is 11.8. The van der Waals surface area contributed by atoms with Gasteiger partial charge in [0.15, 0.2) is 0 Å². The smallest absolute Gasteiger partial charge is 0.315 e. The zero-order valence-corrected chi connectivity index (χ0v) is 11.8. The van der Waals surface area contributed by atoms with E-state index in [1.807, 2.05) is 19.1 Å². The van der Waals surface area contributed by atoms with Crippen LogP contribution in [0, 0.1) is 16.0 Å². The maximum absolute atomic E-state index is 11.5. The second-order valence-electron chi connectivity index (χ2n) is 5.79. The Morgan fingerprint density at radius 3 is 2.65 bits per heavy atom. The third-order valence-electron chi connectivity index (χ3n) is 4.01. The minimum absolute atomic E-state index is 0.238. The minimum Gasteiger partial charge on any atom is -0.380 e. The molecule has 108 valence electrons. The van der Waals surface area contributed by atoms with Crippen molar-refractivity contribution >= 4 is 17.1 Å². The molecule has 0 aliphatic heterocycles. The third-order valence-corrected chi connectivity index (χ3v) is 4.01. The molecule has 1 N–H and O–H groups in total. The summed E-state index contributed by atoms with van der Waals surface area (Å²) in [6.45, 7) is 3.62. The number of nitro groups is 1. The Morgan fingerprint density at radius 1 is 1.35 bits per heavy atom. The number of nitrogens with one attached hydrogen (secondary N) is 1. The van der Waals surface area contributed by atoms with Gasteiger partial charge in [-0.15, -0.1) is 0 Å². The van der Waals surface area contributed by atoms with Crippen molar-refractivity contribution < 1.29 is 4.92 Å². The molecule has 0 heterocycles. The molecule has 0 unspecified atom stereocenters. The van der Waals surface area contributed by atoms with Crippen molar-refractivity contribution in [2.24, 2.45) is 5.92 Å². The maximum Gasteiger partial charge on any atom is 0.315 e. The Labute approximate surface area is 119 Å². The van der Waals surface area contributed by atoms with E-state index in [9.17, 15) is 10.1 Å². The molecule has 5 nitrogen and oxygen atoms in total. The van der Waals surface area contributed by atoms with E-state index in [4.69, 9.17) is 0 Å². The SMILES string of the molecule is CCNc1cccc(N(CC2CC2)C2CC2)c1[N+](=O)[O-]. The molecule has 0 spiro atoms. The van der Waals surface area contributed by atoms with Crippen molar-refractivity contribution in [1.29, 1.82) is 0 Å². The van der Waals surface area contributed by atoms with Crippen molar-refractivity contribution in [2.75, 3.05) is 23.3 Å². The van der Waals surface area contributed by atoms with Gasteiger partial charge in [0.2, 0.25) is 0 Å². The molecule has 2 fully saturated rings. The van der Waals surface area contributed by atoms with E-state index >= 15 is 0 Å². The molecule has 2 aliphatic rings. The average Bonchev–Trinajstić information content (AvgIpc) is 3.28. The molecule has 0 atom stereocenters. The lowest BCUT2D eigenvalue weighted by molar-refractivity contribution is -0.383. The van der Waals surface area contributed by atoms with Crippen LogP contribution in [0.5, 0.6) is 0 Å². The maximum atomic E-state index is 11.5. The lowest BCUT2D eigenvalue weighted by atomic mass is 10.2. The summed E-state index contributed by atoms with van der Waals surface area (Å²) in [5.74, 6) is 0.734. The Bertz CT molecular complexity index is 510. The number of hydrogen-bond acceptors (Lipinski definition) is 4. The highest BCUT2D eigenvalue weighted by Crippen LogP contribution is 2.43. The quantitative estimate of drug-likeness (QED) is 0.612. The van der Waals surface area contributed by atoms with Crippen molar-refractivity contribution in [2.45, 2.75) is 38.6 Å². The largest absolute Gasteiger partial charge is 0.380 e. The predicted molar refractivity (Wildman–Crippen MR) is 80.4 cm³/mol. The van der Waals surface area contributed by atoms with Crippen LogP contribution in [0.2, 0.25) is 0 Å². The fraction of sp³-hybridized carbons (Fsp3) is 0.600. The number of para-hydroxylation sites is 1. The van der Waals surface area contributed by atoms with Crippen LogP contribution >= 0.6 is 0 Å². The Morgan fingerprint density at radius 2 is 2.10 bits per heavy atom. The van der Waals surface area contributed by atoms with Crippen LogP contribution in [-0.2, 0) is 0 Å². The van der Waals surface area contributed by atoms with E-state index in [-0.39, 0.29) is 10.6 Å². The molecule has 3 rings (SSSR count). The fourth-order valence-corrected chi connectivity index (χ4v) is 2.70. The number of rotatable bonds is 7. The molecule has 0 amide bonds. The molecule has 1 aromatic rings. The van der Waals surface area contributed by atoms with Crippen molar-refractivity contribution in [3.8, 4) is 0 Å². The number of nitrogens with zero attached hydrogens (tertiary/aromatic N) is 2. The highest BCUT2D eigenvalue weighted by molar-refractivity contribution is 5.77. The first-order chi connectivity index (χ1) is 9.70. The van der Waals surface area contributed by atoms with E-state index in [0.29, 0.717) is 18.3 Å². The summed E-state index contributed by atoms with van der Waals surface area (Å²) < 4.78 is 0. The summed E-state index contributed by atoms with van der Waals surface area (Å²) in [5.41, 5.74) is 1.67. The predicted octanol–water partition coefficient (Wildman–Crippen LogP) is 3.41. The van der Waals surface area contributed by atoms with Crippen molar-refractivity contribution in [1.82, 2.24) is 0 Å². The van der Waals surface area contributed by atoms with Gasteiger partial charge in [-0.1, -0.05) is 6.07 Å². The molecular weight excluding hydrogens is 254 g/mol. The van der Waals surface area contributed by atoms with E-state index in [2.05, 4.69) is 10.2 Å². The molecular formula is C15H21N3O2. The number of hydrogen-bond donors (Lipinski definition) is 1. The van der Waals surface area contributed by atoms with Crippen LogP contribution in [-0.4, -0.2) is 24.1 Å². The summed E-state index contributed by atoms with van der Waals surface area (Å²) in [4.78, 5) is 13.5. The second-order valence-corrected chi connectivity index (χ2v) is 5.79. The van der Waals surface area contributed by atoms with Gasteiger partial charge in [-0.3, -0.25) is 10.1 Å². The molecule has 0 saturated heterocycles. The van der Waals surface area contributed by atoms with E-state index in [1.54, 1.807) is 6.07 Å². The molecule has 0 radical (unpaired) electrons. The summed E-state index contributed by atoms with van der Waals surface area (Å²) in [7, 11) is 0. The Balaban J connectivity index is 1.96. The summed E-state index contributed by atoms with van der Waals surface area (Å²) in [5, 5.41) is 14.6. The van der Waals surface area contributed by atoms with Gasteiger partial charge in [0, 0.05) is 19.1 Å². The van der Waals surface area contributed by atoms with Gasteiger partial charge in [0.05, 0.1) is 4.92 Å². The number of benzene rings is 1. The minimum atomic E-state index is -0.240. The van der Waals surface area contributed by atoms with Gasteiger partial charge in [-0.05, 0) is 50.7 Å². The van der Waals surface area contributed by atoms with E-state index < -0.39 is 0 Å². The van der Waals surface area contributed by atoms with Crippen molar-refractivity contribution in [3.63, 3.8) is 0 Å². The molecule has 20 heavy (non-hydrogen) atoms. The van der Waals surface area contributed by atoms with Gasteiger partial charge < -0.3 is 10.2 Å². The van der Waals surface area contributed by atoms with Gasteiger partial charge >= 0.3 is 5.69 Å². The first-order valence-electron chi connectivity index (χ1n) is 7.48. The first-order valence-corrected chi connectivity index (χ1v) is 7.48. The normalized spacial score (nSPS) is 17.9. The standard InChI is InChI=1S/C15H21N3O2/c1-2-16-13-4-3-5-14(15(13)18(19)20)17(12-8-9-12)10-11-6-7-11/h3-5,11-12,16H,2,6-10H2,1H3. The van der Waals surface area contributed by atoms with Crippen LogP contribution in [0.15, 0.2) is 18.2 Å². The highest BCUT2D eigenvalue weighted by Gasteiger charge is 2.37. The molecule has 2 aliphatic carbocycles. The van der Waals surface area contributed by atoms with Crippen LogP contribution in [0.1, 0.15) is 32.6 Å². The highest BCUT2D eigenvalue weighted by atomic mass is 16.6. The lowest BCUT2D eigenvalue weighted by Crippen LogP contribution is -2.28. The van der Waals surface area contributed by atoms with Crippen molar-refractivity contribution in [3.05, 3.63) is 28.3 Å². The van der Waals surface area contributed by atoms with Gasteiger partial charge in [0.25, 0.3) is 0 Å². The summed E-state index contributed by atoms with van der Waals surface area (Å²) in [6.07, 6.45) is 4.86. The van der Waals surface area contributed by atoms with Gasteiger partial charge in [-0.25, -0.2) is 0 Å². The molecule has 5 heteroatoms. The summed E-state index contributed by atoms with van der Waals surface area (Å²) in [6, 6.07) is 6.13. The molecule has 0 bridgehead atoms. The van der Waals surface area contributed by atoms with E-state index in [0.717, 1.165) is 31.0 Å². The second kappa shape index (κ2) is 5.31. The molecule has 0 aromatic heterocycles. The van der Waals surface area contributed by atoms with Crippen LogP contribution in [0.4, 0.5) is 17.1 Å². The fourth-order valence-electron chi connectivity index (χ4n) is 2.70. The zero-order chi connectivity index (χ0) is 14.1. The molecule has 2 saturated carbocycles. The number of nitro benzene ring substituents is 1. The van der Waals surface area contributed by atoms with Crippen LogP contribution in [0.3, 0.4) is 0 Å². The number of anilines is 2. The monoisotopic (exact) mass is 275 g/mol. The third kappa shape index (κ3) is 2.71. The topological polar surface area (TPSA) is 58.4 Å². The van der Waals surface area contributed by atoms with Gasteiger partial charge in [0.1, 0.15) is 11.4 Å². The molecule has 1 aromatic carbocycles. The first kappa shape index (κ1) is 13.2. The van der Waals surface area contributed by atoms with Gasteiger partial charge in [-0.2, -0.15) is 0 Å². The summed E-state index contributed by atoms with van der Waals surface area (Å²) >= 11 is 0. The van der Waals surface area contributed by atoms with E-state index in [1.165, 1.54) is 12.8 Å².